The first-order valence-electron chi connectivity index (χ1n) is 9.89. The summed E-state index contributed by atoms with van der Waals surface area (Å²) < 4.78 is 25.6. The summed E-state index contributed by atoms with van der Waals surface area (Å²) in [5.74, 6) is -1.18. The molecule has 1 aliphatic rings. The normalized spacial score (nSPS) is 16.1. The van der Waals surface area contributed by atoms with Gasteiger partial charge in [0.15, 0.2) is 0 Å². The highest BCUT2D eigenvalue weighted by atomic mass is 32.2. The van der Waals surface area contributed by atoms with Gasteiger partial charge < -0.3 is 5.11 Å². The van der Waals surface area contributed by atoms with E-state index in [0.29, 0.717) is 23.4 Å². The van der Waals surface area contributed by atoms with Crippen molar-refractivity contribution in [1.29, 1.82) is 0 Å². The summed E-state index contributed by atoms with van der Waals surface area (Å²) in [4.78, 5) is 23.7. The SMILES string of the molecule is Cc1ccccc1C1CC(c2cccc(NS(C)(=O)=O)c2)=NN1C(=O)CCCC(=O)O. The number of rotatable bonds is 8. The highest BCUT2D eigenvalue weighted by Crippen LogP contribution is 2.35. The average molecular weight is 444 g/mol. The minimum Gasteiger partial charge on any atom is -0.481 e. The van der Waals surface area contributed by atoms with Crippen LogP contribution in [0.15, 0.2) is 53.6 Å². The number of carbonyl (C=O) groups excluding carboxylic acids is 1. The summed E-state index contributed by atoms with van der Waals surface area (Å²) in [5, 5.41) is 14.9. The highest BCUT2D eigenvalue weighted by molar-refractivity contribution is 7.92. The summed E-state index contributed by atoms with van der Waals surface area (Å²) in [6.07, 6.45) is 1.80. The number of hydrogen-bond donors (Lipinski definition) is 2. The van der Waals surface area contributed by atoms with Crippen LogP contribution in [-0.4, -0.2) is 42.4 Å². The molecule has 0 saturated heterocycles. The van der Waals surface area contributed by atoms with Gasteiger partial charge in [-0.2, -0.15) is 5.10 Å². The molecule has 0 fully saturated rings. The van der Waals surface area contributed by atoms with Crippen molar-refractivity contribution in [3.63, 3.8) is 0 Å². The summed E-state index contributed by atoms with van der Waals surface area (Å²) >= 11 is 0. The lowest BCUT2D eigenvalue weighted by atomic mass is 9.95. The minimum atomic E-state index is -3.42. The van der Waals surface area contributed by atoms with Crippen molar-refractivity contribution >= 4 is 33.3 Å². The minimum absolute atomic E-state index is 0.0790. The van der Waals surface area contributed by atoms with E-state index in [1.165, 1.54) is 5.01 Å². The van der Waals surface area contributed by atoms with Gasteiger partial charge in [-0.15, -0.1) is 0 Å². The Kier molecular flexibility index (Phi) is 6.74. The third-order valence-corrected chi connectivity index (χ3v) is 5.60. The Balaban J connectivity index is 1.91. The topological polar surface area (TPSA) is 116 Å². The number of nitrogens with zero attached hydrogens (tertiary/aromatic N) is 2. The molecule has 0 aromatic heterocycles. The van der Waals surface area contributed by atoms with Gasteiger partial charge in [-0.1, -0.05) is 36.4 Å². The Labute approximate surface area is 181 Å². The van der Waals surface area contributed by atoms with Crippen LogP contribution in [0.4, 0.5) is 5.69 Å². The molecule has 2 N–H and O–H groups in total. The number of anilines is 1. The maximum absolute atomic E-state index is 12.9. The Morgan fingerprint density at radius 2 is 1.90 bits per heavy atom. The fraction of sp³-hybridized carbons (Fsp3) is 0.318. The Morgan fingerprint density at radius 1 is 1.16 bits per heavy atom. The molecule has 2 aromatic carbocycles. The van der Waals surface area contributed by atoms with Gasteiger partial charge in [0, 0.05) is 24.9 Å². The molecule has 1 amide bonds. The van der Waals surface area contributed by atoms with Crippen LogP contribution < -0.4 is 4.72 Å². The van der Waals surface area contributed by atoms with Gasteiger partial charge in [-0.05, 0) is 42.2 Å². The second kappa shape index (κ2) is 9.30. The van der Waals surface area contributed by atoms with Gasteiger partial charge in [-0.3, -0.25) is 14.3 Å². The van der Waals surface area contributed by atoms with Crippen molar-refractivity contribution in [2.45, 2.75) is 38.6 Å². The number of aryl methyl sites for hydroxylation is 1. The first kappa shape index (κ1) is 22.5. The van der Waals surface area contributed by atoms with E-state index in [0.717, 1.165) is 17.4 Å². The molecular formula is C22H25N3O5S. The van der Waals surface area contributed by atoms with E-state index in [1.54, 1.807) is 18.2 Å². The van der Waals surface area contributed by atoms with Gasteiger partial charge in [0.05, 0.1) is 18.0 Å². The maximum Gasteiger partial charge on any atom is 0.303 e. The van der Waals surface area contributed by atoms with E-state index in [4.69, 9.17) is 5.11 Å². The van der Waals surface area contributed by atoms with Crippen LogP contribution in [0.5, 0.6) is 0 Å². The quantitative estimate of drug-likeness (QED) is 0.649. The number of hydrogen-bond acceptors (Lipinski definition) is 5. The van der Waals surface area contributed by atoms with Crippen LogP contribution >= 0.6 is 0 Å². The summed E-state index contributed by atoms with van der Waals surface area (Å²) in [6.45, 7) is 1.97. The first-order valence-corrected chi connectivity index (χ1v) is 11.8. The Hall–Kier alpha value is -3.20. The molecule has 0 aliphatic carbocycles. The van der Waals surface area contributed by atoms with Gasteiger partial charge in [0.1, 0.15) is 0 Å². The standard InChI is InChI=1S/C22H25N3O5S/c1-15-7-3-4-10-18(15)20-14-19(23-25(20)21(26)11-6-12-22(27)28)16-8-5-9-17(13-16)24-31(2,29)30/h3-5,7-10,13,20,24H,6,11-12,14H2,1-2H3,(H,27,28). The van der Waals surface area contributed by atoms with E-state index in [9.17, 15) is 18.0 Å². The van der Waals surface area contributed by atoms with Gasteiger partial charge in [0.25, 0.3) is 0 Å². The van der Waals surface area contributed by atoms with Crippen LogP contribution in [0.25, 0.3) is 0 Å². The molecule has 1 heterocycles. The molecule has 0 radical (unpaired) electrons. The van der Waals surface area contributed by atoms with E-state index in [1.807, 2.05) is 37.3 Å². The smallest absolute Gasteiger partial charge is 0.303 e. The molecule has 1 aliphatic heterocycles. The number of carbonyl (C=O) groups is 2. The highest BCUT2D eigenvalue weighted by Gasteiger charge is 2.33. The largest absolute Gasteiger partial charge is 0.481 e. The summed E-state index contributed by atoms with van der Waals surface area (Å²) in [5.41, 5.74) is 3.80. The molecule has 0 saturated carbocycles. The fourth-order valence-corrected chi connectivity index (χ4v) is 4.15. The second-order valence-electron chi connectivity index (χ2n) is 7.56. The predicted octanol–water partition coefficient (Wildman–Crippen LogP) is 3.30. The van der Waals surface area contributed by atoms with Gasteiger partial charge >= 0.3 is 5.97 Å². The van der Waals surface area contributed by atoms with Crippen molar-refractivity contribution in [3.05, 3.63) is 65.2 Å². The number of hydrazone groups is 1. The molecule has 31 heavy (non-hydrogen) atoms. The zero-order valence-corrected chi connectivity index (χ0v) is 18.2. The number of carboxylic acids is 1. The summed E-state index contributed by atoms with van der Waals surface area (Å²) in [7, 11) is -3.42. The molecule has 2 aromatic rings. The third-order valence-electron chi connectivity index (χ3n) is 4.99. The van der Waals surface area contributed by atoms with Crippen molar-refractivity contribution in [1.82, 2.24) is 5.01 Å². The lowest BCUT2D eigenvalue weighted by Gasteiger charge is -2.23. The lowest BCUT2D eigenvalue weighted by Crippen LogP contribution is -2.27. The Morgan fingerprint density at radius 3 is 2.58 bits per heavy atom. The van der Waals surface area contributed by atoms with Crippen LogP contribution in [-0.2, 0) is 19.6 Å². The van der Waals surface area contributed by atoms with Crippen LogP contribution in [0.1, 0.15) is 48.4 Å². The molecule has 8 nitrogen and oxygen atoms in total. The number of nitrogens with one attached hydrogen (secondary N) is 1. The second-order valence-corrected chi connectivity index (χ2v) is 9.31. The zero-order chi connectivity index (χ0) is 22.6. The van der Waals surface area contributed by atoms with Crippen molar-refractivity contribution in [3.8, 4) is 0 Å². The molecule has 164 valence electrons. The zero-order valence-electron chi connectivity index (χ0n) is 17.4. The maximum atomic E-state index is 12.9. The van der Waals surface area contributed by atoms with E-state index in [2.05, 4.69) is 9.82 Å². The van der Waals surface area contributed by atoms with E-state index >= 15 is 0 Å². The third kappa shape index (κ3) is 5.91. The lowest BCUT2D eigenvalue weighted by molar-refractivity contribution is -0.137. The molecule has 3 rings (SSSR count). The van der Waals surface area contributed by atoms with E-state index < -0.39 is 16.0 Å². The molecule has 1 atom stereocenters. The molecule has 0 bridgehead atoms. The molecule has 1 unspecified atom stereocenters. The number of amides is 1. The molecular weight excluding hydrogens is 418 g/mol. The van der Waals surface area contributed by atoms with Crippen LogP contribution in [0.2, 0.25) is 0 Å². The number of aliphatic carboxylic acids is 1. The first-order chi connectivity index (χ1) is 14.6. The number of benzene rings is 2. The van der Waals surface area contributed by atoms with Crippen molar-refractivity contribution in [2.75, 3.05) is 11.0 Å². The van der Waals surface area contributed by atoms with Crippen LogP contribution in [0, 0.1) is 6.92 Å². The summed E-state index contributed by atoms with van der Waals surface area (Å²) in [6, 6.07) is 14.3. The number of carboxylic acid groups (broad SMARTS) is 1. The van der Waals surface area contributed by atoms with Gasteiger partial charge in [0.2, 0.25) is 15.9 Å². The monoisotopic (exact) mass is 443 g/mol. The van der Waals surface area contributed by atoms with Gasteiger partial charge in [-0.25, -0.2) is 13.4 Å². The Bertz CT molecular complexity index is 1130. The predicted molar refractivity (Wildman–Crippen MR) is 118 cm³/mol. The van der Waals surface area contributed by atoms with E-state index in [-0.39, 0.29) is 31.2 Å². The van der Waals surface area contributed by atoms with Crippen LogP contribution in [0.3, 0.4) is 0 Å². The van der Waals surface area contributed by atoms with Crippen molar-refractivity contribution in [2.24, 2.45) is 5.10 Å². The molecule has 9 heteroatoms. The average Bonchev–Trinajstić information content (AvgIpc) is 3.12. The fourth-order valence-electron chi connectivity index (χ4n) is 3.60. The van der Waals surface area contributed by atoms with Crippen molar-refractivity contribution < 1.29 is 23.1 Å². The number of sulfonamides is 1. The molecule has 0 spiro atoms.